The van der Waals surface area contributed by atoms with Gasteiger partial charge < -0.3 is 20.4 Å². The summed E-state index contributed by atoms with van der Waals surface area (Å²) in [5, 5.41) is 27.0. The number of carboxylic acid groups (broad SMARTS) is 1. The molecule has 4 aliphatic carbocycles. The number of nitrogens with zero attached hydrogens (tertiary/aromatic N) is 1. The Balaban J connectivity index is 1.18. The van der Waals surface area contributed by atoms with Gasteiger partial charge in [0.05, 0.1) is 11.8 Å². The lowest BCUT2D eigenvalue weighted by Gasteiger charge is -2.57. The second-order valence-electron chi connectivity index (χ2n) is 12.1. The second-order valence-corrected chi connectivity index (χ2v) is 12.1. The largest absolute Gasteiger partial charge is 0.480 e. The van der Waals surface area contributed by atoms with Crippen LogP contribution in [-0.4, -0.2) is 46.6 Å². The first-order chi connectivity index (χ1) is 17.7. The van der Waals surface area contributed by atoms with Crippen LogP contribution < -0.4 is 5.32 Å². The number of carboxylic acids is 1. The molecule has 37 heavy (non-hydrogen) atoms. The molecule has 0 aromatic heterocycles. The van der Waals surface area contributed by atoms with E-state index in [-0.39, 0.29) is 30.0 Å². The van der Waals surface area contributed by atoms with Crippen LogP contribution in [0.25, 0.3) is 0 Å². The van der Waals surface area contributed by atoms with Gasteiger partial charge in [-0.15, -0.1) is 0 Å². The molecule has 5 rings (SSSR count). The van der Waals surface area contributed by atoms with E-state index in [1.165, 1.54) is 18.4 Å². The van der Waals surface area contributed by atoms with Crippen LogP contribution in [0.3, 0.4) is 0 Å². The number of amides is 1. The van der Waals surface area contributed by atoms with Crippen molar-refractivity contribution in [2.45, 2.75) is 83.8 Å². The van der Waals surface area contributed by atoms with Gasteiger partial charge in [0, 0.05) is 6.42 Å². The van der Waals surface area contributed by atoms with Crippen molar-refractivity contribution in [1.82, 2.24) is 5.32 Å². The summed E-state index contributed by atoms with van der Waals surface area (Å²) < 4.78 is 0. The molecule has 0 heterocycles. The number of rotatable bonds is 7. The molecule has 7 heteroatoms. The molecule has 3 fully saturated rings. The highest BCUT2D eigenvalue weighted by atomic mass is 16.6. The number of fused-ring (bicyclic) bond motifs is 5. The first-order valence-corrected chi connectivity index (χ1v) is 13.8. The Hall–Kier alpha value is -2.67. The molecule has 0 saturated heterocycles. The molecule has 1 aromatic carbocycles. The third-order valence-electron chi connectivity index (χ3n) is 10.2. The van der Waals surface area contributed by atoms with Crippen LogP contribution in [0.5, 0.6) is 0 Å². The lowest BCUT2D eigenvalue weighted by molar-refractivity contribution is -0.142. The van der Waals surface area contributed by atoms with Gasteiger partial charge in [-0.25, -0.2) is 4.79 Å². The van der Waals surface area contributed by atoms with Crippen molar-refractivity contribution in [1.29, 1.82) is 0 Å². The molecule has 0 radical (unpaired) electrons. The van der Waals surface area contributed by atoms with E-state index in [1.54, 1.807) is 0 Å². The average Bonchev–Trinajstić information content (AvgIpc) is 3.18. The van der Waals surface area contributed by atoms with E-state index in [9.17, 15) is 19.8 Å². The van der Waals surface area contributed by atoms with Crippen LogP contribution in [0.4, 0.5) is 0 Å². The Morgan fingerprint density at radius 2 is 1.86 bits per heavy atom. The predicted molar refractivity (Wildman–Crippen MR) is 141 cm³/mol. The van der Waals surface area contributed by atoms with Crippen molar-refractivity contribution in [3.05, 3.63) is 47.5 Å². The summed E-state index contributed by atoms with van der Waals surface area (Å²) in [7, 11) is 0. The van der Waals surface area contributed by atoms with Crippen LogP contribution in [-0.2, 0) is 20.8 Å². The average molecular weight is 509 g/mol. The van der Waals surface area contributed by atoms with Gasteiger partial charge in [-0.05, 0) is 91.6 Å². The van der Waals surface area contributed by atoms with Gasteiger partial charge in [0.2, 0.25) is 0 Å². The molecule has 0 spiro atoms. The van der Waals surface area contributed by atoms with Gasteiger partial charge in [-0.2, -0.15) is 0 Å². The van der Waals surface area contributed by atoms with Crippen LogP contribution >= 0.6 is 0 Å². The van der Waals surface area contributed by atoms with E-state index in [1.807, 2.05) is 30.3 Å². The van der Waals surface area contributed by atoms with Crippen molar-refractivity contribution >= 4 is 17.6 Å². The monoisotopic (exact) mass is 508 g/mol. The molecule has 1 aromatic rings. The lowest BCUT2D eigenvalue weighted by atomic mass is 9.47. The Morgan fingerprint density at radius 1 is 1.08 bits per heavy atom. The lowest BCUT2D eigenvalue weighted by Crippen LogP contribution is -2.51. The summed E-state index contributed by atoms with van der Waals surface area (Å²) in [6.45, 7) is 4.43. The highest BCUT2D eigenvalue weighted by Gasteiger charge is 2.58. The molecule has 0 bridgehead atoms. The topological polar surface area (TPSA) is 108 Å². The van der Waals surface area contributed by atoms with E-state index in [0.717, 1.165) is 49.8 Å². The van der Waals surface area contributed by atoms with E-state index in [2.05, 4.69) is 30.4 Å². The van der Waals surface area contributed by atoms with Gasteiger partial charge >= 0.3 is 5.97 Å². The Bertz CT molecular complexity index is 1080. The Kier molecular flexibility index (Phi) is 7.18. The summed E-state index contributed by atoms with van der Waals surface area (Å²) in [5.41, 5.74) is 3.40. The maximum absolute atomic E-state index is 12.4. The minimum absolute atomic E-state index is 0.0924. The molecule has 0 aliphatic heterocycles. The molecular weight excluding hydrogens is 468 g/mol. The molecule has 3 N–H and O–H groups in total. The minimum Gasteiger partial charge on any atom is -0.480 e. The number of carbonyl (C=O) groups excluding carboxylic acids is 1. The first-order valence-electron chi connectivity index (χ1n) is 13.8. The van der Waals surface area contributed by atoms with Gasteiger partial charge in [-0.1, -0.05) is 54.9 Å². The molecule has 200 valence electrons. The molecule has 1 amide bonds. The number of aliphatic hydroxyl groups excluding tert-OH is 1. The second kappa shape index (κ2) is 10.2. The van der Waals surface area contributed by atoms with E-state index < -0.39 is 17.9 Å². The maximum Gasteiger partial charge on any atom is 0.326 e. The number of aliphatic hydroxyl groups is 1. The molecule has 3 saturated carbocycles. The quantitative estimate of drug-likeness (QED) is 0.470. The van der Waals surface area contributed by atoms with Gasteiger partial charge in [0.25, 0.3) is 5.91 Å². The van der Waals surface area contributed by atoms with Crippen LogP contribution in [0.1, 0.15) is 70.8 Å². The van der Waals surface area contributed by atoms with Crippen LogP contribution in [0.15, 0.2) is 47.1 Å². The number of nitrogens with one attached hydrogen (secondary N) is 1. The number of benzene rings is 1. The van der Waals surface area contributed by atoms with Crippen molar-refractivity contribution < 1.29 is 24.6 Å². The smallest absolute Gasteiger partial charge is 0.326 e. The summed E-state index contributed by atoms with van der Waals surface area (Å²) in [5.74, 6) is 0.403. The van der Waals surface area contributed by atoms with Crippen LogP contribution in [0, 0.1) is 28.6 Å². The molecule has 4 aliphatic rings. The highest BCUT2D eigenvalue weighted by molar-refractivity contribution is 5.96. The zero-order valence-corrected chi connectivity index (χ0v) is 22.0. The third-order valence-corrected chi connectivity index (χ3v) is 10.2. The zero-order valence-electron chi connectivity index (χ0n) is 22.0. The summed E-state index contributed by atoms with van der Waals surface area (Å²) >= 11 is 0. The third kappa shape index (κ3) is 4.95. The summed E-state index contributed by atoms with van der Waals surface area (Å²) in [6.07, 6.45) is 10.7. The van der Waals surface area contributed by atoms with Gasteiger partial charge in [0.15, 0.2) is 6.61 Å². The predicted octanol–water partition coefficient (Wildman–Crippen LogP) is 4.49. The van der Waals surface area contributed by atoms with Crippen molar-refractivity contribution in [2.75, 3.05) is 6.61 Å². The highest BCUT2D eigenvalue weighted by Crippen LogP contribution is 2.65. The molecular formula is C30H40N2O5. The normalized spacial score (nSPS) is 36.5. The maximum atomic E-state index is 12.4. The molecule has 0 unspecified atom stereocenters. The number of aliphatic carboxylic acids is 1. The standard InChI is InChI=1S/C30H40N2O5/c1-29-14-12-21(32-37-18-27(34)31-25(28(35)36)16-19-6-4-3-5-7-19)17-20(29)8-9-22-23-10-11-26(33)30(23,2)15-13-24(22)29/h3-7,17,22-26,33H,8-16,18H2,1-2H3,(H,31,34)(H,35,36)/t22-,23-,24+,25+,26+,29-,30-/m0/s1. The van der Waals surface area contributed by atoms with E-state index in [0.29, 0.717) is 17.8 Å². The van der Waals surface area contributed by atoms with E-state index in [4.69, 9.17) is 4.84 Å². The van der Waals surface area contributed by atoms with Gasteiger partial charge in [-0.3, -0.25) is 4.79 Å². The number of hydrogen-bond acceptors (Lipinski definition) is 5. The van der Waals surface area contributed by atoms with E-state index >= 15 is 0 Å². The number of hydrogen-bond donors (Lipinski definition) is 3. The van der Waals surface area contributed by atoms with Crippen LogP contribution in [0.2, 0.25) is 0 Å². The summed E-state index contributed by atoms with van der Waals surface area (Å²) in [4.78, 5) is 29.4. The number of allylic oxidation sites excluding steroid dienone is 2. The minimum atomic E-state index is -1.08. The molecule has 7 atom stereocenters. The fraction of sp³-hybridized carbons (Fsp3) is 0.633. The van der Waals surface area contributed by atoms with Crippen molar-refractivity contribution in [3.63, 3.8) is 0 Å². The SMILES string of the molecule is C[C@]12CC[C@@H]3[C@@H](CCC4=CC(=NOCC(=O)N[C@H](Cc5ccccc5)C(=O)O)CC[C@@]43C)[C@@H]1CC[C@H]2O. The Morgan fingerprint density at radius 3 is 2.62 bits per heavy atom. The number of carbonyl (C=O) groups is 2. The van der Waals surface area contributed by atoms with Crippen molar-refractivity contribution in [2.24, 2.45) is 33.7 Å². The fourth-order valence-corrected chi connectivity index (χ4v) is 8.08. The van der Waals surface area contributed by atoms with Crippen molar-refractivity contribution in [3.8, 4) is 0 Å². The Labute approximate surface area is 219 Å². The molecule has 7 nitrogen and oxygen atoms in total. The first kappa shape index (κ1) is 26.0. The van der Waals surface area contributed by atoms with Gasteiger partial charge in [0.1, 0.15) is 6.04 Å². The fourth-order valence-electron chi connectivity index (χ4n) is 8.08. The number of oxime groups is 1. The zero-order chi connectivity index (χ0) is 26.2. The summed E-state index contributed by atoms with van der Waals surface area (Å²) in [6, 6.07) is 8.21.